The summed E-state index contributed by atoms with van der Waals surface area (Å²) in [4.78, 5) is 30.5. The van der Waals surface area contributed by atoms with Crippen molar-refractivity contribution in [2.75, 3.05) is 13.1 Å². The van der Waals surface area contributed by atoms with Gasteiger partial charge < -0.3 is 10.3 Å². The molecule has 5 nitrogen and oxygen atoms in total. The molecule has 138 valence electrons. The molecule has 5 heteroatoms. The number of carbonyl (C=O) groups excluding carboxylic acids is 1. The maximum atomic E-state index is 12.5. The molecule has 1 saturated heterocycles. The molecule has 1 fully saturated rings. The number of likely N-dealkylation sites (tertiary alicyclic amines) is 1. The fourth-order valence-electron chi connectivity index (χ4n) is 3.65. The number of benzene rings is 2. The number of H-pyrrole nitrogens is 1. The van der Waals surface area contributed by atoms with Gasteiger partial charge in [-0.3, -0.25) is 14.5 Å². The Bertz CT molecular complexity index is 1020. The first-order chi connectivity index (χ1) is 13.2. The third-order valence-electron chi connectivity index (χ3n) is 5.08. The van der Waals surface area contributed by atoms with Gasteiger partial charge in [0, 0.05) is 30.2 Å². The Morgan fingerprint density at radius 3 is 2.67 bits per heavy atom. The van der Waals surface area contributed by atoms with E-state index in [0.717, 1.165) is 30.7 Å². The van der Waals surface area contributed by atoms with Gasteiger partial charge in [-0.1, -0.05) is 36.4 Å². The third kappa shape index (κ3) is 3.93. The standard InChI is InChI=1S/C22H23N3O2/c26-21-18-8-1-2-9-20(18)23-14-19(21)22(27)24-13-16-6-5-7-17(12-16)15-25-10-3-4-11-25/h1-2,5-9,12,14H,3-4,10-11,13,15H2,(H,23,26)(H,24,27). The highest BCUT2D eigenvalue weighted by Gasteiger charge is 2.14. The van der Waals surface area contributed by atoms with Crippen LogP contribution >= 0.6 is 0 Å². The molecule has 2 heterocycles. The molecule has 1 aromatic heterocycles. The first-order valence-electron chi connectivity index (χ1n) is 9.39. The van der Waals surface area contributed by atoms with E-state index >= 15 is 0 Å². The maximum absolute atomic E-state index is 12.5. The van der Waals surface area contributed by atoms with Crippen LogP contribution in [-0.4, -0.2) is 28.9 Å². The van der Waals surface area contributed by atoms with E-state index < -0.39 is 0 Å². The molecule has 1 amide bonds. The van der Waals surface area contributed by atoms with Crippen molar-refractivity contribution in [1.29, 1.82) is 0 Å². The van der Waals surface area contributed by atoms with Gasteiger partial charge in [0.2, 0.25) is 5.43 Å². The Balaban J connectivity index is 1.45. The summed E-state index contributed by atoms with van der Waals surface area (Å²) in [5.74, 6) is -0.355. The Morgan fingerprint density at radius 1 is 1.04 bits per heavy atom. The Hall–Kier alpha value is -2.92. The monoisotopic (exact) mass is 361 g/mol. The summed E-state index contributed by atoms with van der Waals surface area (Å²) in [5.41, 5.74) is 2.92. The first-order valence-corrected chi connectivity index (χ1v) is 9.39. The van der Waals surface area contributed by atoms with Crippen LogP contribution in [0.25, 0.3) is 10.9 Å². The van der Waals surface area contributed by atoms with Gasteiger partial charge in [0.15, 0.2) is 0 Å². The molecule has 1 aliphatic heterocycles. The Kier molecular flexibility index (Phi) is 5.03. The van der Waals surface area contributed by atoms with Gasteiger partial charge in [0.05, 0.1) is 0 Å². The van der Waals surface area contributed by atoms with Crippen molar-refractivity contribution in [1.82, 2.24) is 15.2 Å². The SMILES string of the molecule is O=C(NCc1cccc(CN2CCCC2)c1)c1c[nH]c2ccccc2c1=O. The molecule has 1 aliphatic rings. The number of para-hydroxylation sites is 1. The topological polar surface area (TPSA) is 65.2 Å². The quantitative estimate of drug-likeness (QED) is 0.734. The summed E-state index contributed by atoms with van der Waals surface area (Å²) < 4.78 is 0. The third-order valence-corrected chi connectivity index (χ3v) is 5.08. The number of rotatable bonds is 5. The van der Waals surface area contributed by atoms with E-state index in [2.05, 4.69) is 27.3 Å². The number of hydrogen-bond acceptors (Lipinski definition) is 3. The van der Waals surface area contributed by atoms with Crippen LogP contribution in [0.1, 0.15) is 34.3 Å². The van der Waals surface area contributed by atoms with Gasteiger partial charge in [0.25, 0.3) is 5.91 Å². The van der Waals surface area contributed by atoms with Crippen LogP contribution in [0, 0.1) is 0 Å². The fourth-order valence-corrected chi connectivity index (χ4v) is 3.65. The summed E-state index contributed by atoms with van der Waals surface area (Å²) in [6.07, 6.45) is 4.04. The van der Waals surface area contributed by atoms with Gasteiger partial charge in [-0.05, 0) is 49.2 Å². The first kappa shape index (κ1) is 17.5. The van der Waals surface area contributed by atoms with Crippen LogP contribution < -0.4 is 10.7 Å². The number of amides is 1. The highest BCUT2D eigenvalue weighted by molar-refractivity contribution is 5.97. The number of pyridine rings is 1. The summed E-state index contributed by atoms with van der Waals surface area (Å²) in [6, 6.07) is 15.5. The molecule has 27 heavy (non-hydrogen) atoms. The normalized spacial score (nSPS) is 14.5. The number of aromatic amines is 1. The lowest BCUT2D eigenvalue weighted by molar-refractivity contribution is 0.0949. The van der Waals surface area contributed by atoms with E-state index in [0.29, 0.717) is 11.9 Å². The fraction of sp³-hybridized carbons (Fsp3) is 0.273. The number of aromatic nitrogens is 1. The lowest BCUT2D eigenvalue weighted by Gasteiger charge is -2.15. The minimum absolute atomic E-state index is 0.141. The summed E-state index contributed by atoms with van der Waals surface area (Å²) in [6.45, 7) is 3.67. The number of nitrogens with one attached hydrogen (secondary N) is 2. The second-order valence-electron chi connectivity index (χ2n) is 7.06. The molecule has 3 aromatic rings. The van der Waals surface area contributed by atoms with E-state index in [-0.39, 0.29) is 16.9 Å². The van der Waals surface area contributed by atoms with Gasteiger partial charge in [0.1, 0.15) is 5.56 Å². The second kappa shape index (κ2) is 7.76. The molecule has 0 aliphatic carbocycles. The predicted molar refractivity (Wildman–Crippen MR) is 107 cm³/mol. The van der Waals surface area contributed by atoms with Crippen LogP contribution in [0.15, 0.2) is 59.5 Å². The van der Waals surface area contributed by atoms with E-state index in [1.165, 1.54) is 24.6 Å². The van der Waals surface area contributed by atoms with Crippen molar-refractivity contribution in [2.45, 2.75) is 25.9 Å². The minimum atomic E-state index is -0.355. The molecule has 4 rings (SSSR count). The molecule has 2 N–H and O–H groups in total. The van der Waals surface area contributed by atoms with Crippen LogP contribution in [0.3, 0.4) is 0 Å². The summed E-state index contributed by atoms with van der Waals surface area (Å²) in [5, 5.41) is 3.39. The average molecular weight is 361 g/mol. The number of nitrogens with zero attached hydrogens (tertiary/aromatic N) is 1. The largest absolute Gasteiger partial charge is 0.360 e. The lowest BCUT2D eigenvalue weighted by atomic mass is 10.1. The smallest absolute Gasteiger partial charge is 0.257 e. The van der Waals surface area contributed by atoms with E-state index in [9.17, 15) is 9.59 Å². The van der Waals surface area contributed by atoms with Crippen LogP contribution in [0.4, 0.5) is 0 Å². The van der Waals surface area contributed by atoms with Crippen molar-refractivity contribution in [2.24, 2.45) is 0 Å². The van der Waals surface area contributed by atoms with Gasteiger partial charge >= 0.3 is 0 Å². The number of hydrogen-bond donors (Lipinski definition) is 2. The maximum Gasteiger partial charge on any atom is 0.257 e. The molecular formula is C22H23N3O2. The van der Waals surface area contributed by atoms with Crippen LogP contribution in [0.2, 0.25) is 0 Å². The molecule has 0 saturated carbocycles. The van der Waals surface area contributed by atoms with E-state index in [1.807, 2.05) is 24.3 Å². The number of fused-ring (bicyclic) bond motifs is 1. The summed E-state index contributed by atoms with van der Waals surface area (Å²) >= 11 is 0. The molecule has 0 atom stereocenters. The van der Waals surface area contributed by atoms with Crippen molar-refractivity contribution in [3.8, 4) is 0 Å². The Morgan fingerprint density at radius 2 is 1.81 bits per heavy atom. The second-order valence-corrected chi connectivity index (χ2v) is 7.06. The average Bonchev–Trinajstić information content (AvgIpc) is 3.20. The van der Waals surface area contributed by atoms with E-state index in [4.69, 9.17) is 0 Å². The number of carbonyl (C=O) groups is 1. The molecular weight excluding hydrogens is 338 g/mol. The van der Waals surface area contributed by atoms with Crippen molar-refractivity contribution in [3.63, 3.8) is 0 Å². The molecule has 2 aromatic carbocycles. The molecule has 0 bridgehead atoms. The zero-order chi connectivity index (χ0) is 18.6. The van der Waals surface area contributed by atoms with Crippen LogP contribution in [0.5, 0.6) is 0 Å². The zero-order valence-corrected chi connectivity index (χ0v) is 15.2. The Labute approximate surface area is 158 Å². The van der Waals surface area contributed by atoms with Gasteiger partial charge in [-0.15, -0.1) is 0 Å². The molecule has 0 unspecified atom stereocenters. The summed E-state index contributed by atoms with van der Waals surface area (Å²) in [7, 11) is 0. The predicted octanol–water partition coefficient (Wildman–Crippen LogP) is 3.05. The zero-order valence-electron chi connectivity index (χ0n) is 15.2. The van der Waals surface area contributed by atoms with E-state index in [1.54, 1.807) is 12.1 Å². The minimum Gasteiger partial charge on any atom is -0.360 e. The highest BCUT2D eigenvalue weighted by atomic mass is 16.2. The van der Waals surface area contributed by atoms with Gasteiger partial charge in [-0.2, -0.15) is 0 Å². The lowest BCUT2D eigenvalue weighted by Crippen LogP contribution is -2.28. The van der Waals surface area contributed by atoms with Gasteiger partial charge in [-0.25, -0.2) is 0 Å². The van der Waals surface area contributed by atoms with Crippen molar-refractivity contribution in [3.05, 3.63) is 81.6 Å². The van der Waals surface area contributed by atoms with Crippen molar-refractivity contribution < 1.29 is 4.79 Å². The molecule has 0 radical (unpaired) electrons. The van der Waals surface area contributed by atoms with Crippen molar-refractivity contribution >= 4 is 16.8 Å². The van der Waals surface area contributed by atoms with Crippen LogP contribution in [-0.2, 0) is 13.1 Å². The highest BCUT2D eigenvalue weighted by Crippen LogP contribution is 2.14. The molecule has 0 spiro atoms.